The molecule has 0 fully saturated rings. The molecular weight excluding hydrogens is 364 g/mol. The van der Waals surface area contributed by atoms with E-state index in [2.05, 4.69) is 9.88 Å². The zero-order chi connectivity index (χ0) is 18.6. The van der Waals surface area contributed by atoms with Crippen LogP contribution in [0.25, 0.3) is 11.3 Å². The van der Waals surface area contributed by atoms with Gasteiger partial charge in [-0.25, -0.2) is 4.98 Å². The minimum atomic E-state index is -0.0323. The van der Waals surface area contributed by atoms with Gasteiger partial charge in [-0.15, -0.1) is 0 Å². The van der Waals surface area contributed by atoms with Gasteiger partial charge < -0.3 is 9.64 Å². The Bertz CT molecular complexity index is 974. The molecule has 3 aromatic rings. The summed E-state index contributed by atoms with van der Waals surface area (Å²) >= 11 is 5.90. The fourth-order valence-corrected chi connectivity index (χ4v) is 3.28. The van der Waals surface area contributed by atoms with Crippen molar-refractivity contribution < 1.29 is 4.74 Å². The molecule has 0 amide bonds. The molecule has 2 aromatic heterocycles. The van der Waals surface area contributed by atoms with E-state index in [1.54, 1.807) is 35.2 Å². The third-order valence-electron chi connectivity index (χ3n) is 4.50. The van der Waals surface area contributed by atoms with Crippen LogP contribution in [0.3, 0.4) is 0 Å². The molecule has 0 saturated heterocycles. The highest BCUT2D eigenvalue weighted by molar-refractivity contribution is 6.30. The van der Waals surface area contributed by atoms with Crippen LogP contribution in [-0.4, -0.2) is 34.2 Å². The number of hydrogen-bond donors (Lipinski definition) is 0. The Morgan fingerprint density at radius 3 is 2.63 bits per heavy atom. The van der Waals surface area contributed by atoms with Crippen molar-refractivity contribution in [1.29, 1.82) is 0 Å². The van der Waals surface area contributed by atoms with Gasteiger partial charge in [-0.05, 0) is 42.8 Å². The fraction of sp³-hybridized carbons (Fsp3) is 0.250. The number of aromatic nitrogens is 3. The van der Waals surface area contributed by atoms with E-state index in [1.807, 2.05) is 24.3 Å². The lowest BCUT2D eigenvalue weighted by atomic mass is 10.2. The van der Waals surface area contributed by atoms with Crippen molar-refractivity contribution in [1.82, 2.24) is 14.5 Å². The van der Waals surface area contributed by atoms with Gasteiger partial charge in [0, 0.05) is 42.1 Å². The van der Waals surface area contributed by atoms with Crippen molar-refractivity contribution >= 4 is 17.5 Å². The van der Waals surface area contributed by atoms with E-state index >= 15 is 0 Å². The quantitative estimate of drug-likeness (QED) is 0.678. The topological polar surface area (TPSA) is 60.2 Å². The lowest BCUT2D eigenvalue weighted by molar-refractivity contribution is 0.319. The molecule has 4 rings (SSSR count). The highest BCUT2D eigenvalue weighted by atomic mass is 35.5. The number of anilines is 1. The third-order valence-corrected chi connectivity index (χ3v) is 4.75. The van der Waals surface area contributed by atoms with Crippen LogP contribution in [-0.2, 0) is 6.54 Å². The largest absolute Gasteiger partial charge is 0.492 e. The first-order chi connectivity index (χ1) is 13.2. The van der Waals surface area contributed by atoms with Crippen molar-refractivity contribution in [3.8, 4) is 17.0 Å². The smallest absolute Gasteiger partial charge is 0.255 e. The van der Waals surface area contributed by atoms with Crippen molar-refractivity contribution in [2.75, 3.05) is 24.6 Å². The van der Waals surface area contributed by atoms with Crippen LogP contribution in [0, 0.1) is 0 Å². The second-order valence-corrected chi connectivity index (χ2v) is 6.75. The highest BCUT2D eigenvalue weighted by Crippen LogP contribution is 2.22. The molecule has 0 N–H and O–H groups in total. The maximum Gasteiger partial charge on any atom is 0.255 e. The minimum absolute atomic E-state index is 0.0323. The molecule has 138 valence electrons. The van der Waals surface area contributed by atoms with Gasteiger partial charge in [0.05, 0.1) is 12.2 Å². The summed E-state index contributed by atoms with van der Waals surface area (Å²) in [5.41, 5.74) is 1.52. The molecule has 27 heavy (non-hydrogen) atoms. The molecule has 1 aliphatic heterocycles. The van der Waals surface area contributed by atoms with Crippen LogP contribution in [0.5, 0.6) is 5.75 Å². The second kappa shape index (κ2) is 7.80. The highest BCUT2D eigenvalue weighted by Gasteiger charge is 2.20. The van der Waals surface area contributed by atoms with E-state index in [0.29, 0.717) is 36.4 Å². The first-order valence-corrected chi connectivity index (χ1v) is 9.24. The molecular formula is C20H19ClN4O2. The van der Waals surface area contributed by atoms with Gasteiger partial charge in [0.15, 0.2) is 0 Å². The maximum atomic E-state index is 12.6. The van der Waals surface area contributed by atoms with Gasteiger partial charge in [0.2, 0.25) is 5.95 Å². The first-order valence-electron chi connectivity index (χ1n) is 8.86. The number of nitrogens with zero attached hydrogens (tertiary/aromatic N) is 4. The van der Waals surface area contributed by atoms with Crippen LogP contribution >= 0.6 is 11.6 Å². The number of hydrogen-bond acceptors (Lipinski definition) is 5. The minimum Gasteiger partial charge on any atom is -0.492 e. The SMILES string of the molecule is O=c1cc(-c2ccncc2)nc2n1CCCN2CCOc1ccc(Cl)cc1. The molecule has 3 heterocycles. The lowest BCUT2D eigenvalue weighted by Gasteiger charge is -2.30. The molecule has 0 atom stereocenters. The van der Waals surface area contributed by atoms with Gasteiger partial charge in [0.25, 0.3) is 5.56 Å². The Morgan fingerprint density at radius 1 is 1.07 bits per heavy atom. The average molecular weight is 383 g/mol. The third kappa shape index (κ3) is 3.95. The normalized spacial score (nSPS) is 13.3. The zero-order valence-electron chi connectivity index (χ0n) is 14.7. The summed E-state index contributed by atoms with van der Waals surface area (Å²) in [5.74, 6) is 1.47. The molecule has 7 heteroatoms. The van der Waals surface area contributed by atoms with Crippen molar-refractivity contribution in [3.63, 3.8) is 0 Å². The van der Waals surface area contributed by atoms with Crippen LogP contribution in [0.1, 0.15) is 6.42 Å². The molecule has 0 unspecified atom stereocenters. The number of ether oxygens (including phenoxy) is 1. The second-order valence-electron chi connectivity index (χ2n) is 6.31. The Hall–Kier alpha value is -2.86. The van der Waals surface area contributed by atoms with E-state index in [1.165, 1.54) is 0 Å². The fourth-order valence-electron chi connectivity index (χ4n) is 3.15. The predicted molar refractivity (Wildman–Crippen MR) is 106 cm³/mol. The van der Waals surface area contributed by atoms with Gasteiger partial charge in [-0.1, -0.05) is 11.6 Å². The molecule has 0 bridgehead atoms. The predicted octanol–water partition coefficient (Wildman–Crippen LogP) is 3.25. The summed E-state index contributed by atoms with van der Waals surface area (Å²) in [7, 11) is 0. The Morgan fingerprint density at radius 2 is 1.85 bits per heavy atom. The van der Waals surface area contributed by atoms with E-state index < -0.39 is 0 Å². The Balaban J connectivity index is 1.54. The molecule has 1 aliphatic rings. The van der Waals surface area contributed by atoms with Crippen LogP contribution in [0.4, 0.5) is 5.95 Å². The molecule has 0 saturated carbocycles. The van der Waals surface area contributed by atoms with Gasteiger partial charge in [-0.2, -0.15) is 0 Å². The van der Waals surface area contributed by atoms with Crippen LogP contribution in [0.15, 0.2) is 59.7 Å². The number of fused-ring (bicyclic) bond motifs is 1. The first kappa shape index (κ1) is 17.5. The van der Waals surface area contributed by atoms with Crippen molar-refractivity contribution in [2.24, 2.45) is 0 Å². The molecule has 1 aromatic carbocycles. The van der Waals surface area contributed by atoms with Crippen LogP contribution < -0.4 is 15.2 Å². The summed E-state index contributed by atoms with van der Waals surface area (Å²) in [6.07, 6.45) is 4.31. The summed E-state index contributed by atoms with van der Waals surface area (Å²) in [4.78, 5) is 23.4. The summed E-state index contributed by atoms with van der Waals surface area (Å²) in [6, 6.07) is 12.6. The van der Waals surface area contributed by atoms with Crippen molar-refractivity contribution in [3.05, 3.63) is 70.2 Å². The molecule has 0 aliphatic carbocycles. The lowest BCUT2D eigenvalue weighted by Crippen LogP contribution is -2.40. The Labute approximate surface area is 162 Å². The standard InChI is InChI=1S/C20H19ClN4O2/c21-16-2-4-17(5-3-16)27-13-12-24-10-1-11-25-19(26)14-18(23-20(24)25)15-6-8-22-9-7-15/h2-9,14H,1,10-13H2. The van der Waals surface area contributed by atoms with Gasteiger partial charge in [-0.3, -0.25) is 14.3 Å². The summed E-state index contributed by atoms with van der Waals surface area (Å²) < 4.78 is 7.53. The maximum absolute atomic E-state index is 12.6. The van der Waals surface area contributed by atoms with Gasteiger partial charge in [0.1, 0.15) is 12.4 Å². The van der Waals surface area contributed by atoms with E-state index in [0.717, 1.165) is 24.3 Å². The average Bonchev–Trinajstić information content (AvgIpc) is 2.70. The van der Waals surface area contributed by atoms with E-state index in [4.69, 9.17) is 21.3 Å². The summed E-state index contributed by atoms with van der Waals surface area (Å²) in [5, 5.41) is 0.680. The van der Waals surface area contributed by atoms with Gasteiger partial charge >= 0.3 is 0 Å². The van der Waals surface area contributed by atoms with Crippen LogP contribution in [0.2, 0.25) is 5.02 Å². The number of benzene rings is 1. The Kier molecular flexibility index (Phi) is 5.07. The van der Waals surface area contributed by atoms with E-state index in [-0.39, 0.29) is 5.56 Å². The monoisotopic (exact) mass is 382 g/mol. The van der Waals surface area contributed by atoms with Crippen molar-refractivity contribution in [2.45, 2.75) is 13.0 Å². The molecule has 0 radical (unpaired) electrons. The molecule has 0 spiro atoms. The number of rotatable bonds is 5. The van der Waals surface area contributed by atoms with E-state index in [9.17, 15) is 4.79 Å². The zero-order valence-corrected chi connectivity index (χ0v) is 15.5. The molecule has 6 nitrogen and oxygen atoms in total. The number of halogens is 1. The summed E-state index contributed by atoms with van der Waals surface area (Å²) in [6.45, 7) is 2.68. The number of pyridine rings is 1.